The second-order valence-electron chi connectivity index (χ2n) is 3.85. The monoisotopic (exact) mass is 220 g/mol. The van der Waals surface area contributed by atoms with Crippen LogP contribution < -0.4 is 0 Å². The van der Waals surface area contributed by atoms with Crippen LogP contribution in [0.2, 0.25) is 0 Å². The van der Waals surface area contributed by atoms with Crippen LogP contribution in [0.3, 0.4) is 0 Å². The van der Waals surface area contributed by atoms with Crippen molar-refractivity contribution in [2.75, 3.05) is 0 Å². The van der Waals surface area contributed by atoms with Gasteiger partial charge in [0.15, 0.2) is 0 Å². The van der Waals surface area contributed by atoms with Crippen LogP contribution in [-0.4, -0.2) is 14.7 Å². The molecule has 3 nitrogen and oxygen atoms in total. The average Bonchev–Trinajstić information content (AvgIpc) is 2.86. The third-order valence-corrected chi connectivity index (χ3v) is 3.48. The van der Waals surface area contributed by atoms with Crippen LogP contribution in [0.5, 0.6) is 0 Å². The normalized spacial score (nSPS) is 20.2. The number of imidazole rings is 1. The predicted molar refractivity (Wildman–Crippen MR) is 59.7 cm³/mol. The Balaban J connectivity index is 2.06. The summed E-state index contributed by atoms with van der Waals surface area (Å²) in [5, 5.41) is 13.9. The Kier molecular flexibility index (Phi) is 2.11. The van der Waals surface area contributed by atoms with E-state index in [0.717, 1.165) is 36.5 Å². The lowest BCUT2D eigenvalue weighted by atomic mass is 10.1. The number of thiophene rings is 1. The van der Waals surface area contributed by atoms with Gasteiger partial charge in [-0.3, -0.25) is 0 Å². The third kappa shape index (κ3) is 1.50. The van der Waals surface area contributed by atoms with Crippen LogP contribution in [0.1, 0.15) is 24.8 Å². The fraction of sp³-hybridized carbons (Fsp3) is 0.364. The first kappa shape index (κ1) is 9.12. The van der Waals surface area contributed by atoms with E-state index in [-0.39, 0.29) is 6.10 Å². The number of aliphatic hydroxyl groups is 1. The number of aliphatic hydroxyl groups excluding tert-OH is 1. The summed E-state index contributed by atoms with van der Waals surface area (Å²) in [7, 11) is 0. The highest BCUT2D eigenvalue weighted by Gasteiger charge is 2.20. The molecule has 0 aliphatic carbocycles. The Hall–Kier alpha value is -1.13. The van der Waals surface area contributed by atoms with Gasteiger partial charge in [0, 0.05) is 23.7 Å². The second kappa shape index (κ2) is 3.47. The van der Waals surface area contributed by atoms with Crippen molar-refractivity contribution in [1.29, 1.82) is 0 Å². The maximum Gasteiger partial charge on any atom is 0.138 e. The van der Waals surface area contributed by atoms with Crippen LogP contribution >= 0.6 is 11.3 Å². The van der Waals surface area contributed by atoms with Crippen molar-refractivity contribution in [2.45, 2.75) is 25.5 Å². The zero-order chi connectivity index (χ0) is 10.3. The minimum absolute atomic E-state index is 0.383. The van der Waals surface area contributed by atoms with Gasteiger partial charge in [-0.15, -0.1) is 0 Å². The van der Waals surface area contributed by atoms with Crippen LogP contribution in [-0.2, 0) is 6.54 Å². The molecule has 1 unspecified atom stereocenters. The van der Waals surface area contributed by atoms with Gasteiger partial charge in [-0.1, -0.05) is 0 Å². The molecule has 0 radical (unpaired) electrons. The van der Waals surface area contributed by atoms with E-state index in [0.29, 0.717) is 0 Å². The van der Waals surface area contributed by atoms with Gasteiger partial charge in [0.25, 0.3) is 0 Å². The molecule has 3 heterocycles. The lowest BCUT2D eigenvalue weighted by Gasteiger charge is -2.18. The molecule has 0 saturated carbocycles. The zero-order valence-corrected chi connectivity index (χ0v) is 9.07. The Morgan fingerprint density at radius 1 is 1.53 bits per heavy atom. The average molecular weight is 220 g/mol. The molecule has 78 valence electrons. The SMILES string of the molecule is OC1CCCn2cc(-c3ccsc3)nc21. The third-order valence-electron chi connectivity index (χ3n) is 2.80. The summed E-state index contributed by atoms with van der Waals surface area (Å²) in [5.74, 6) is 0.822. The number of hydrogen-bond donors (Lipinski definition) is 1. The van der Waals surface area contributed by atoms with Crippen LogP contribution in [0.4, 0.5) is 0 Å². The first-order valence-corrected chi connectivity index (χ1v) is 6.06. The van der Waals surface area contributed by atoms with Gasteiger partial charge in [0.05, 0.1) is 5.69 Å². The maximum absolute atomic E-state index is 9.79. The molecule has 1 aliphatic heterocycles. The van der Waals surface area contributed by atoms with E-state index in [1.807, 2.05) is 11.6 Å². The maximum atomic E-state index is 9.79. The standard InChI is InChI=1S/C11H12N2OS/c14-10-2-1-4-13-6-9(12-11(10)13)8-3-5-15-7-8/h3,5-7,10,14H,1-2,4H2. The molecule has 0 spiro atoms. The number of hydrogen-bond acceptors (Lipinski definition) is 3. The summed E-state index contributed by atoms with van der Waals surface area (Å²) in [4.78, 5) is 4.49. The minimum Gasteiger partial charge on any atom is -0.385 e. The highest BCUT2D eigenvalue weighted by molar-refractivity contribution is 7.08. The van der Waals surface area contributed by atoms with Gasteiger partial charge < -0.3 is 9.67 Å². The molecule has 0 bridgehead atoms. The number of rotatable bonds is 1. The van der Waals surface area contributed by atoms with Gasteiger partial charge in [-0.2, -0.15) is 11.3 Å². The largest absolute Gasteiger partial charge is 0.385 e. The molecule has 0 saturated heterocycles. The van der Waals surface area contributed by atoms with E-state index < -0.39 is 0 Å². The van der Waals surface area contributed by atoms with Crippen molar-refractivity contribution in [1.82, 2.24) is 9.55 Å². The molecule has 0 fully saturated rings. The van der Waals surface area contributed by atoms with Crippen LogP contribution in [0.25, 0.3) is 11.3 Å². The molecular weight excluding hydrogens is 208 g/mol. The molecule has 1 atom stereocenters. The van der Waals surface area contributed by atoms with Crippen LogP contribution in [0.15, 0.2) is 23.0 Å². The quantitative estimate of drug-likeness (QED) is 0.801. The van der Waals surface area contributed by atoms with E-state index in [9.17, 15) is 5.11 Å². The molecule has 1 N–H and O–H groups in total. The zero-order valence-electron chi connectivity index (χ0n) is 8.26. The molecule has 3 rings (SSSR count). The van der Waals surface area contributed by atoms with Gasteiger partial charge in [0.1, 0.15) is 11.9 Å². The van der Waals surface area contributed by atoms with Crippen molar-refractivity contribution in [3.63, 3.8) is 0 Å². The lowest BCUT2D eigenvalue weighted by Crippen LogP contribution is -2.14. The van der Waals surface area contributed by atoms with Gasteiger partial charge >= 0.3 is 0 Å². The predicted octanol–water partition coefficient (Wildman–Crippen LogP) is 2.44. The number of fused-ring (bicyclic) bond motifs is 1. The van der Waals surface area contributed by atoms with Crippen molar-refractivity contribution in [3.8, 4) is 11.3 Å². The molecule has 0 amide bonds. The second-order valence-corrected chi connectivity index (χ2v) is 4.63. The molecule has 1 aliphatic rings. The number of aryl methyl sites for hydroxylation is 1. The molecule has 15 heavy (non-hydrogen) atoms. The summed E-state index contributed by atoms with van der Waals surface area (Å²) in [6, 6.07) is 2.06. The topological polar surface area (TPSA) is 38.0 Å². The molecule has 0 aromatic carbocycles. The molecule has 2 aromatic heterocycles. The van der Waals surface area contributed by atoms with E-state index in [1.54, 1.807) is 11.3 Å². The van der Waals surface area contributed by atoms with E-state index in [2.05, 4.69) is 21.0 Å². The lowest BCUT2D eigenvalue weighted by molar-refractivity contribution is 0.134. The fourth-order valence-corrected chi connectivity index (χ4v) is 2.66. The Morgan fingerprint density at radius 2 is 2.47 bits per heavy atom. The van der Waals surface area contributed by atoms with E-state index >= 15 is 0 Å². The van der Waals surface area contributed by atoms with Crippen molar-refractivity contribution >= 4 is 11.3 Å². The highest BCUT2D eigenvalue weighted by Crippen LogP contribution is 2.28. The number of nitrogens with zero attached hydrogens (tertiary/aromatic N) is 2. The highest BCUT2D eigenvalue weighted by atomic mass is 32.1. The van der Waals surface area contributed by atoms with Crippen LogP contribution in [0, 0.1) is 0 Å². The van der Waals surface area contributed by atoms with Gasteiger partial charge in [0.2, 0.25) is 0 Å². The van der Waals surface area contributed by atoms with Crippen molar-refractivity contribution < 1.29 is 5.11 Å². The molecular formula is C11H12N2OS. The fourth-order valence-electron chi connectivity index (χ4n) is 2.01. The molecule has 2 aromatic rings. The Bertz CT molecular complexity index is 461. The molecule has 4 heteroatoms. The van der Waals surface area contributed by atoms with Crippen molar-refractivity contribution in [2.24, 2.45) is 0 Å². The van der Waals surface area contributed by atoms with Crippen molar-refractivity contribution in [3.05, 3.63) is 28.8 Å². The van der Waals surface area contributed by atoms with Gasteiger partial charge in [-0.25, -0.2) is 4.98 Å². The summed E-state index contributed by atoms with van der Waals surface area (Å²) >= 11 is 1.67. The summed E-state index contributed by atoms with van der Waals surface area (Å²) in [6.45, 7) is 0.976. The van der Waals surface area contributed by atoms with Gasteiger partial charge in [-0.05, 0) is 24.3 Å². The Morgan fingerprint density at radius 3 is 3.20 bits per heavy atom. The first-order chi connectivity index (χ1) is 7.34. The summed E-state index contributed by atoms with van der Waals surface area (Å²) in [6.07, 6.45) is 3.53. The van der Waals surface area contributed by atoms with E-state index in [1.165, 1.54) is 0 Å². The first-order valence-electron chi connectivity index (χ1n) is 5.12. The minimum atomic E-state index is -0.383. The van der Waals surface area contributed by atoms with E-state index in [4.69, 9.17) is 0 Å². The Labute approximate surface area is 92.0 Å². The summed E-state index contributed by atoms with van der Waals surface area (Å²) in [5.41, 5.74) is 2.13. The number of aromatic nitrogens is 2. The smallest absolute Gasteiger partial charge is 0.138 e. The summed E-state index contributed by atoms with van der Waals surface area (Å²) < 4.78 is 2.07.